The van der Waals surface area contributed by atoms with Crippen LogP contribution in [0.4, 0.5) is 11.4 Å². The van der Waals surface area contributed by atoms with Gasteiger partial charge in [0.05, 0.1) is 11.5 Å². The zero-order valence-electron chi connectivity index (χ0n) is 13.6. The number of rotatable bonds is 5. The van der Waals surface area contributed by atoms with Crippen LogP contribution >= 0.6 is 23.8 Å². The third-order valence-electron chi connectivity index (χ3n) is 3.11. The van der Waals surface area contributed by atoms with E-state index < -0.39 is 10.8 Å². The molecule has 0 atom stereocenters. The van der Waals surface area contributed by atoms with Crippen molar-refractivity contribution in [1.82, 2.24) is 10.9 Å². The van der Waals surface area contributed by atoms with Gasteiger partial charge in [-0.2, -0.15) is 0 Å². The lowest BCUT2D eigenvalue weighted by Gasteiger charge is -2.12. The fourth-order valence-electron chi connectivity index (χ4n) is 1.96. The van der Waals surface area contributed by atoms with Crippen molar-refractivity contribution in [2.75, 3.05) is 11.9 Å². The Hall–Kier alpha value is -2.91. The van der Waals surface area contributed by atoms with E-state index in [-0.39, 0.29) is 28.7 Å². The van der Waals surface area contributed by atoms with E-state index in [9.17, 15) is 14.9 Å². The van der Waals surface area contributed by atoms with Crippen molar-refractivity contribution in [3.63, 3.8) is 0 Å². The van der Waals surface area contributed by atoms with Crippen LogP contribution in [-0.4, -0.2) is 22.5 Å². The highest BCUT2D eigenvalue weighted by Gasteiger charge is 2.18. The van der Waals surface area contributed by atoms with Gasteiger partial charge in [0.15, 0.2) is 10.9 Å². The van der Waals surface area contributed by atoms with Crippen LogP contribution in [0.25, 0.3) is 0 Å². The molecule has 0 aliphatic heterocycles. The molecule has 0 aliphatic carbocycles. The summed E-state index contributed by atoms with van der Waals surface area (Å²) in [6, 6.07) is 10.7. The lowest BCUT2D eigenvalue weighted by molar-refractivity contribution is -0.385. The Morgan fingerprint density at radius 1 is 1.23 bits per heavy atom. The Balaban J connectivity index is 1.98. The molecule has 2 aromatic carbocycles. The second kappa shape index (κ2) is 8.97. The summed E-state index contributed by atoms with van der Waals surface area (Å²) >= 11 is 10.9. The summed E-state index contributed by atoms with van der Waals surface area (Å²) in [4.78, 5) is 22.6. The number of nitrogens with zero attached hydrogens (tertiary/aromatic N) is 1. The highest BCUT2D eigenvalue weighted by molar-refractivity contribution is 7.80. The van der Waals surface area contributed by atoms with Crippen LogP contribution in [0.1, 0.15) is 17.3 Å². The SMILES string of the molecule is CCOc1ccc(C(=O)NNC(=S)Nc2ccc(Cl)cc2)cc1[N+](=O)[O-]. The van der Waals surface area contributed by atoms with Gasteiger partial charge in [0.2, 0.25) is 0 Å². The molecule has 2 rings (SSSR count). The second-order valence-corrected chi connectivity index (χ2v) is 5.76. The van der Waals surface area contributed by atoms with Crippen molar-refractivity contribution in [3.8, 4) is 5.75 Å². The molecular weight excluding hydrogens is 380 g/mol. The topological polar surface area (TPSA) is 106 Å². The van der Waals surface area contributed by atoms with Crippen molar-refractivity contribution in [2.45, 2.75) is 6.92 Å². The average molecular weight is 395 g/mol. The molecule has 3 N–H and O–H groups in total. The van der Waals surface area contributed by atoms with E-state index in [2.05, 4.69) is 16.2 Å². The van der Waals surface area contributed by atoms with Crippen LogP contribution < -0.4 is 20.9 Å². The number of hydrogen-bond acceptors (Lipinski definition) is 5. The largest absolute Gasteiger partial charge is 0.487 e. The van der Waals surface area contributed by atoms with Gasteiger partial charge in [0, 0.05) is 22.3 Å². The van der Waals surface area contributed by atoms with Crippen LogP contribution in [0.2, 0.25) is 5.02 Å². The Kier molecular flexibility index (Phi) is 6.70. The minimum Gasteiger partial charge on any atom is -0.487 e. The molecule has 0 fully saturated rings. The standard InChI is InChI=1S/C16H15ClN4O4S/c1-2-25-14-8-3-10(9-13(14)21(23)24)15(22)19-20-16(26)18-12-6-4-11(17)5-7-12/h3-9H,2H2,1H3,(H,19,22)(H2,18,20,26). The third kappa shape index (κ3) is 5.30. The van der Waals surface area contributed by atoms with Crippen LogP contribution in [-0.2, 0) is 0 Å². The summed E-state index contributed by atoms with van der Waals surface area (Å²) in [5, 5.41) is 14.7. The first-order chi connectivity index (χ1) is 12.4. The molecule has 0 spiro atoms. The molecule has 0 aliphatic rings. The number of halogens is 1. The first kappa shape index (κ1) is 19.4. The van der Waals surface area contributed by atoms with Gasteiger partial charge in [-0.05, 0) is 55.5 Å². The molecule has 2 aromatic rings. The number of nitrogens with one attached hydrogen (secondary N) is 3. The molecule has 1 amide bonds. The number of hydrogen-bond donors (Lipinski definition) is 3. The number of thiocarbonyl (C=S) groups is 1. The van der Waals surface area contributed by atoms with Crippen LogP contribution in [0, 0.1) is 10.1 Å². The molecule has 0 heterocycles. The highest BCUT2D eigenvalue weighted by atomic mass is 35.5. The lowest BCUT2D eigenvalue weighted by atomic mass is 10.2. The number of amides is 1. The molecule has 26 heavy (non-hydrogen) atoms. The van der Waals surface area contributed by atoms with E-state index in [1.165, 1.54) is 12.1 Å². The van der Waals surface area contributed by atoms with Crippen molar-refractivity contribution >= 4 is 46.2 Å². The van der Waals surface area contributed by atoms with Crippen molar-refractivity contribution in [1.29, 1.82) is 0 Å². The molecule has 136 valence electrons. The molecule has 0 aromatic heterocycles. The normalized spacial score (nSPS) is 9.92. The molecular formula is C16H15ClN4O4S. The van der Waals surface area contributed by atoms with Gasteiger partial charge < -0.3 is 10.1 Å². The summed E-state index contributed by atoms with van der Waals surface area (Å²) < 4.78 is 5.18. The van der Waals surface area contributed by atoms with Crippen LogP contribution in [0.3, 0.4) is 0 Å². The van der Waals surface area contributed by atoms with Crippen LogP contribution in [0.5, 0.6) is 5.75 Å². The summed E-state index contributed by atoms with van der Waals surface area (Å²) in [5.41, 5.74) is 5.36. The predicted molar refractivity (Wildman–Crippen MR) is 103 cm³/mol. The van der Waals surface area contributed by atoms with Crippen molar-refractivity contribution in [3.05, 3.63) is 63.2 Å². The van der Waals surface area contributed by atoms with Gasteiger partial charge in [0.25, 0.3) is 5.91 Å². The number of anilines is 1. The molecule has 0 bridgehead atoms. The van der Waals surface area contributed by atoms with Gasteiger partial charge in [-0.15, -0.1) is 0 Å². The summed E-state index contributed by atoms with van der Waals surface area (Å²) in [6.07, 6.45) is 0. The molecule has 0 saturated carbocycles. The number of nitro groups is 1. The molecule has 10 heteroatoms. The number of benzene rings is 2. The summed E-state index contributed by atoms with van der Waals surface area (Å²) in [5.74, 6) is -0.488. The monoisotopic (exact) mass is 394 g/mol. The maximum absolute atomic E-state index is 12.1. The smallest absolute Gasteiger partial charge is 0.311 e. The van der Waals surface area contributed by atoms with Gasteiger partial charge in [-0.1, -0.05) is 11.6 Å². The molecule has 0 saturated heterocycles. The highest BCUT2D eigenvalue weighted by Crippen LogP contribution is 2.27. The van der Waals surface area contributed by atoms with E-state index >= 15 is 0 Å². The zero-order chi connectivity index (χ0) is 19.1. The fourth-order valence-corrected chi connectivity index (χ4v) is 2.25. The Morgan fingerprint density at radius 3 is 2.54 bits per heavy atom. The van der Waals surface area contributed by atoms with E-state index in [4.69, 9.17) is 28.6 Å². The van der Waals surface area contributed by atoms with E-state index in [1.54, 1.807) is 31.2 Å². The summed E-state index contributed by atoms with van der Waals surface area (Å²) in [7, 11) is 0. The van der Waals surface area contributed by atoms with Gasteiger partial charge in [-0.25, -0.2) is 0 Å². The summed E-state index contributed by atoms with van der Waals surface area (Å²) in [6.45, 7) is 1.99. The Bertz CT molecular complexity index is 829. The van der Waals surface area contributed by atoms with Crippen molar-refractivity contribution in [2.24, 2.45) is 0 Å². The van der Waals surface area contributed by atoms with Gasteiger partial charge in [-0.3, -0.25) is 25.8 Å². The van der Waals surface area contributed by atoms with Crippen molar-refractivity contribution < 1.29 is 14.5 Å². The lowest BCUT2D eigenvalue weighted by Crippen LogP contribution is -2.43. The predicted octanol–water partition coefficient (Wildman–Crippen LogP) is 3.28. The maximum Gasteiger partial charge on any atom is 0.311 e. The molecule has 0 unspecified atom stereocenters. The average Bonchev–Trinajstić information content (AvgIpc) is 2.62. The second-order valence-electron chi connectivity index (χ2n) is 4.91. The van der Waals surface area contributed by atoms with Gasteiger partial charge in [0.1, 0.15) is 0 Å². The van der Waals surface area contributed by atoms with E-state index in [1.807, 2.05) is 0 Å². The minimum atomic E-state index is -0.609. The number of carbonyl (C=O) groups excluding carboxylic acids is 1. The third-order valence-corrected chi connectivity index (χ3v) is 3.57. The quantitative estimate of drug-likeness (QED) is 0.406. The number of nitro benzene ring substituents is 1. The molecule has 0 radical (unpaired) electrons. The minimum absolute atomic E-state index is 0.0851. The number of ether oxygens (including phenoxy) is 1. The van der Waals surface area contributed by atoms with Crippen LogP contribution in [0.15, 0.2) is 42.5 Å². The Morgan fingerprint density at radius 2 is 1.92 bits per heavy atom. The zero-order valence-corrected chi connectivity index (χ0v) is 15.2. The van der Waals surface area contributed by atoms with Gasteiger partial charge >= 0.3 is 5.69 Å². The number of hydrazine groups is 1. The van der Waals surface area contributed by atoms with E-state index in [0.717, 1.165) is 6.07 Å². The Labute approximate surface area is 159 Å². The fraction of sp³-hybridized carbons (Fsp3) is 0.125. The van der Waals surface area contributed by atoms with E-state index in [0.29, 0.717) is 10.7 Å². The first-order valence-electron chi connectivity index (χ1n) is 7.45. The maximum atomic E-state index is 12.1. The molecule has 8 nitrogen and oxygen atoms in total. The number of carbonyl (C=O) groups is 1. The first-order valence-corrected chi connectivity index (χ1v) is 8.23.